The Labute approximate surface area is 195 Å². The van der Waals surface area contributed by atoms with Crippen LogP contribution in [0.3, 0.4) is 0 Å². The molecule has 0 fully saturated rings. The van der Waals surface area contributed by atoms with Crippen LogP contribution in [0, 0.1) is 12.7 Å². The average Bonchev–Trinajstić information content (AvgIpc) is 3.12. The molecule has 2 heterocycles. The predicted molar refractivity (Wildman–Crippen MR) is 132 cm³/mol. The summed E-state index contributed by atoms with van der Waals surface area (Å²) in [7, 11) is 0. The standard InChI is InChI=1S/C27H23ClFN3O/c1-17-11-12-24-20(13-17)25-26(32(24)15-21-22(28)9-6-10-23(21)29)27(33)31(16-30-25)14-18(2)19-7-4-3-5-8-19/h3-13,16,18H,14-15H2,1-2H3/t18-/m0/s1. The Morgan fingerprint density at radius 1 is 1.06 bits per heavy atom. The summed E-state index contributed by atoms with van der Waals surface area (Å²) in [5.41, 5.74) is 4.32. The second kappa shape index (κ2) is 8.49. The normalized spacial score (nSPS) is 12.5. The fourth-order valence-electron chi connectivity index (χ4n) is 4.43. The molecule has 2 aromatic heterocycles. The molecular formula is C27H23ClFN3O. The first-order chi connectivity index (χ1) is 15.9. The van der Waals surface area contributed by atoms with Crippen molar-refractivity contribution in [2.45, 2.75) is 32.9 Å². The van der Waals surface area contributed by atoms with Crippen molar-refractivity contribution in [1.82, 2.24) is 14.1 Å². The van der Waals surface area contributed by atoms with Gasteiger partial charge >= 0.3 is 0 Å². The summed E-state index contributed by atoms with van der Waals surface area (Å²) in [4.78, 5) is 18.4. The quantitative estimate of drug-likeness (QED) is 0.309. The zero-order valence-electron chi connectivity index (χ0n) is 18.4. The summed E-state index contributed by atoms with van der Waals surface area (Å²) in [5.74, 6) is -0.268. The minimum atomic E-state index is -0.397. The third kappa shape index (κ3) is 3.83. The number of aryl methyl sites for hydroxylation is 1. The molecule has 0 saturated carbocycles. The van der Waals surface area contributed by atoms with Gasteiger partial charge in [0.15, 0.2) is 0 Å². The minimum absolute atomic E-state index is 0.129. The summed E-state index contributed by atoms with van der Waals surface area (Å²) in [5, 5.41) is 1.21. The van der Waals surface area contributed by atoms with Gasteiger partial charge in [0.05, 0.1) is 18.4 Å². The highest BCUT2D eigenvalue weighted by Gasteiger charge is 2.20. The predicted octanol–water partition coefficient (Wildman–Crippen LogP) is 6.30. The van der Waals surface area contributed by atoms with E-state index in [-0.39, 0.29) is 18.0 Å². The molecule has 4 nitrogen and oxygen atoms in total. The molecule has 0 radical (unpaired) electrons. The van der Waals surface area contributed by atoms with Crippen molar-refractivity contribution >= 4 is 33.5 Å². The highest BCUT2D eigenvalue weighted by Crippen LogP contribution is 2.29. The monoisotopic (exact) mass is 459 g/mol. The molecule has 1 atom stereocenters. The molecule has 0 saturated heterocycles. The number of hydrogen-bond acceptors (Lipinski definition) is 2. The van der Waals surface area contributed by atoms with Gasteiger partial charge in [-0.3, -0.25) is 9.36 Å². The summed E-state index contributed by atoms with van der Waals surface area (Å²) < 4.78 is 18.1. The molecule has 5 aromatic rings. The van der Waals surface area contributed by atoms with E-state index in [1.54, 1.807) is 23.0 Å². The zero-order valence-corrected chi connectivity index (χ0v) is 19.2. The van der Waals surface area contributed by atoms with Crippen LogP contribution in [0.15, 0.2) is 77.9 Å². The Hall–Kier alpha value is -3.44. The number of fused-ring (bicyclic) bond motifs is 3. The second-order valence-corrected chi connectivity index (χ2v) is 8.93. The maximum atomic E-state index is 14.6. The van der Waals surface area contributed by atoms with Crippen LogP contribution in [0.2, 0.25) is 5.02 Å². The lowest BCUT2D eigenvalue weighted by molar-refractivity contribution is 0.574. The molecule has 0 N–H and O–H groups in total. The van der Waals surface area contributed by atoms with Crippen LogP contribution in [0.1, 0.15) is 29.5 Å². The van der Waals surface area contributed by atoms with Gasteiger partial charge in [0.25, 0.3) is 5.56 Å². The van der Waals surface area contributed by atoms with Gasteiger partial charge in [0.2, 0.25) is 0 Å². The van der Waals surface area contributed by atoms with Gasteiger partial charge in [-0.05, 0) is 42.7 Å². The highest BCUT2D eigenvalue weighted by atomic mass is 35.5. The summed E-state index contributed by atoms with van der Waals surface area (Å²) in [6.07, 6.45) is 1.62. The topological polar surface area (TPSA) is 39.8 Å². The SMILES string of the molecule is Cc1ccc2c(c1)c1ncn(C[C@H](C)c3ccccc3)c(=O)c1n2Cc1c(F)cccc1Cl. The van der Waals surface area contributed by atoms with Crippen molar-refractivity contribution in [2.75, 3.05) is 0 Å². The maximum absolute atomic E-state index is 14.6. The molecule has 3 aromatic carbocycles. The van der Waals surface area contributed by atoms with Crippen molar-refractivity contribution < 1.29 is 4.39 Å². The van der Waals surface area contributed by atoms with Gasteiger partial charge in [-0.25, -0.2) is 9.37 Å². The number of benzene rings is 3. The first-order valence-electron chi connectivity index (χ1n) is 10.9. The average molecular weight is 460 g/mol. The highest BCUT2D eigenvalue weighted by molar-refractivity contribution is 6.31. The van der Waals surface area contributed by atoms with E-state index in [0.29, 0.717) is 28.2 Å². The zero-order chi connectivity index (χ0) is 23.1. The number of halogens is 2. The largest absolute Gasteiger partial charge is 0.330 e. The van der Waals surface area contributed by atoms with Gasteiger partial charge < -0.3 is 4.57 Å². The first kappa shape index (κ1) is 21.4. The number of rotatable bonds is 5. The van der Waals surface area contributed by atoms with Crippen molar-refractivity contribution in [3.05, 3.63) is 111 Å². The molecule has 166 valence electrons. The molecule has 0 amide bonds. The summed E-state index contributed by atoms with van der Waals surface area (Å²) >= 11 is 6.33. The van der Waals surface area contributed by atoms with Crippen LogP contribution in [-0.4, -0.2) is 14.1 Å². The fourth-order valence-corrected chi connectivity index (χ4v) is 4.65. The van der Waals surface area contributed by atoms with Crippen molar-refractivity contribution in [1.29, 1.82) is 0 Å². The summed E-state index contributed by atoms with van der Waals surface area (Å²) in [6.45, 7) is 4.72. The molecule has 0 bridgehead atoms. The lowest BCUT2D eigenvalue weighted by Crippen LogP contribution is -2.25. The van der Waals surface area contributed by atoms with E-state index in [0.717, 1.165) is 22.0 Å². The number of hydrogen-bond donors (Lipinski definition) is 0. The van der Waals surface area contributed by atoms with E-state index in [4.69, 9.17) is 11.6 Å². The van der Waals surface area contributed by atoms with Gasteiger partial charge in [-0.2, -0.15) is 0 Å². The van der Waals surface area contributed by atoms with Crippen LogP contribution in [0.25, 0.3) is 21.9 Å². The molecule has 0 aliphatic rings. The molecule has 6 heteroatoms. The van der Waals surface area contributed by atoms with Crippen LogP contribution in [0.5, 0.6) is 0 Å². The van der Waals surface area contributed by atoms with E-state index in [2.05, 4.69) is 24.0 Å². The van der Waals surface area contributed by atoms with Crippen LogP contribution in [-0.2, 0) is 13.1 Å². The Bertz CT molecular complexity index is 1520. The van der Waals surface area contributed by atoms with E-state index in [1.807, 2.05) is 47.9 Å². The van der Waals surface area contributed by atoms with Crippen molar-refractivity contribution in [3.63, 3.8) is 0 Å². The molecule has 33 heavy (non-hydrogen) atoms. The number of nitrogens with zero attached hydrogens (tertiary/aromatic N) is 3. The van der Waals surface area contributed by atoms with Crippen molar-refractivity contribution in [3.8, 4) is 0 Å². The minimum Gasteiger partial charge on any atom is -0.330 e. The lowest BCUT2D eigenvalue weighted by atomic mass is 10.0. The third-order valence-corrected chi connectivity index (χ3v) is 6.55. The van der Waals surface area contributed by atoms with E-state index < -0.39 is 5.82 Å². The molecule has 0 aliphatic carbocycles. The second-order valence-electron chi connectivity index (χ2n) is 8.52. The van der Waals surface area contributed by atoms with E-state index >= 15 is 0 Å². The van der Waals surface area contributed by atoms with Gasteiger partial charge in [0.1, 0.15) is 16.9 Å². The van der Waals surface area contributed by atoms with Crippen LogP contribution >= 0.6 is 11.6 Å². The Balaban J connectivity index is 1.70. The van der Waals surface area contributed by atoms with Gasteiger partial charge in [-0.1, -0.05) is 66.6 Å². The molecular weight excluding hydrogens is 437 g/mol. The lowest BCUT2D eigenvalue weighted by Gasteiger charge is -2.14. The third-order valence-electron chi connectivity index (χ3n) is 6.20. The van der Waals surface area contributed by atoms with Crippen LogP contribution in [0.4, 0.5) is 4.39 Å². The van der Waals surface area contributed by atoms with Crippen LogP contribution < -0.4 is 5.56 Å². The summed E-state index contributed by atoms with van der Waals surface area (Å²) in [6, 6.07) is 20.7. The first-order valence-corrected chi connectivity index (χ1v) is 11.3. The number of aromatic nitrogens is 3. The molecule has 5 rings (SSSR count). The van der Waals surface area contributed by atoms with E-state index in [1.165, 1.54) is 6.07 Å². The Morgan fingerprint density at radius 3 is 2.61 bits per heavy atom. The fraction of sp³-hybridized carbons (Fsp3) is 0.185. The van der Waals surface area contributed by atoms with Gasteiger partial charge in [-0.15, -0.1) is 0 Å². The Kier molecular flexibility index (Phi) is 5.51. The Morgan fingerprint density at radius 2 is 1.85 bits per heavy atom. The molecule has 0 aliphatic heterocycles. The molecule has 0 spiro atoms. The van der Waals surface area contributed by atoms with Crippen molar-refractivity contribution in [2.24, 2.45) is 0 Å². The molecule has 0 unspecified atom stereocenters. The smallest absolute Gasteiger partial charge is 0.277 e. The maximum Gasteiger partial charge on any atom is 0.277 e. The van der Waals surface area contributed by atoms with Gasteiger partial charge in [0, 0.05) is 22.5 Å². The van der Waals surface area contributed by atoms with E-state index in [9.17, 15) is 9.18 Å².